The highest BCUT2D eigenvalue weighted by atomic mass is 79.9. The van der Waals surface area contributed by atoms with Gasteiger partial charge in [-0.2, -0.15) is 0 Å². The summed E-state index contributed by atoms with van der Waals surface area (Å²) >= 11 is 3.74. The van der Waals surface area contributed by atoms with Gasteiger partial charge in [-0.15, -0.1) is 0 Å². The Morgan fingerprint density at radius 3 is 2.07 bits per heavy atom. The molecular formula is C39H33BrN2O4. The van der Waals surface area contributed by atoms with Crippen LogP contribution in [-0.2, 0) is 16.0 Å². The zero-order valence-corrected chi connectivity index (χ0v) is 26.7. The molecule has 46 heavy (non-hydrogen) atoms. The second kappa shape index (κ2) is 12.9. The van der Waals surface area contributed by atoms with Crippen molar-refractivity contribution in [3.63, 3.8) is 0 Å². The van der Waals surface area contributed by atoms with Gasteiger partial charge in [-0.3, -0.25) is 4.79 Å². The molecule has 2 atom stereocenters. The van der Waals surface area contributed by atoms with E-state index in [1.165, 1.54) is 0 Å². The van der Waals surface area contributed by atoms with Gasteiger partial charge in [0.2, 0.25) is 5.90 Å². The summed E-state index contributed by atoms with van der Waals surface area (Å²) in [5.74, 6) is 0.860. The highest BCUT2D eigenvalue weighted by molar-refractivity contribution is 9.10. The zero-order valence-electron chi connectivity index (χ0n) is 25.1. The third-order valence-electron chi connectivity index (χ3n) is 8.64. The van der Waals surface area contributed by atoms with Crippen molar-refractivity contribution < 1.29 is 19.4 Å². The number of ether oxygens (including phenoxy) is 2. The van der Waals surface area contributed by atoms with Gasteiger partial charge in [-0.25, -0.2) is 4.99 Å². The molecule has 0 spiro atoms. The van der Waals surface area contributed by atoms with E-state index in [1.807, 2.05) is 103 Å². The van der Waals surface area contributed by atoms with Crippen LogP contribution in [-0.4, -0.2) is 35.7 Å². The van der Waals surface area contributed by atoms with Crippen LogP contribution >= 0.6 is 15.9 Å². The second-order valence-electron chi connectivity index (χ2n) is 11.6. The molecule has 0 unspecified atom stereocenters. The SMILES string of the molecule is O=C(NC1c2ccccc2-c2ccccc21)[C@]1(Cc2ccccc2)N=C(c2ccc(OCCCO)cc2)O[C@@H]1c1ccccc1Br. The number of aliphatic hydroxyl groups excluding tert-OH is 1. The van der Waals surface area contributed by atoms with Gasteiger partial charge >= 0.3 is 0 Å². The van der Waals surface area contributed by atoms with Crippen LogP contribution < -0.4 is 10.1 Å². The van der Waals surface area contributed by atoms with E-state index in [0.29, 0.717) is 31.1 Å². The van der Waals surface area contributed by atoms with E-state index in [1.54, 1.807) is 0 Å². The first-order chi connectivity index (χ1) is 22.6. The number of aliphatic hydroxyl groups is 1. The largest absolute Gasteiger partial charge is 0.494 e. The first-order valence-electron chi connectivity index (χ1n) is 15.5. The van der Waals surface area contributed by atoms with Crippen molar-refractivity contribution in [1.82, 2.24) is 5.32 Å². The predicted octanol–water partition coefficient (Wildman–Crippen LogP) is 7.60. The number of amides is 1. The summed E-state index contributed by atoms with van der Waals surface area (Å²) in [5.41, 5.74) is 5.58. The number of hydrogen-bond acceptors (Lipinski definition) is 5. The molecule has 1 heterocycles. The molecular weight excluding hydrogens is 640 g/mol. The molecule has 7 heteroatoms. The van der Waals surface area contributed by atoms with Gasteiger partial charge in [-0.1, -0.05) is 113 Å². The Morgan fingerprint density at radius 2 is 1.41 bits per heavy atom. The monoisotopic (exact) mass is 672 g/mol. The molecule has 1 aliphatic carbocycles. The summed E-state index contributed by atoms with van der Waals surface area (Å²) in [7, 11) is 0. The maximum atomic E-state index is 15.1. The molecule has 5 aromatic rings. The highest BCUT2D eigenvalue weighted by Gasteiger charge is 2.54. The quantitative estimate of drug-likeness (QED) is 0.150. The molecule has 0 saturated heterocycles. The molecule has 230 valence electrons. The molecule has 1 amide bonds. The lowest BCUT2D eigenvalue weighted by Crippen LogP contribution is -2.50. The Labute approximate surface area is 276 Å². The molecule has 5 aromatic carbocycles. The van der Waals surface area contributed by atoms with Crippen LogP contribution in [0.5, 0.6) is 5.75 Å². The van der Waals surface area contributed by atoms with Crippen molar-refractivity contribution >= 4 is 27.7 Å². The second-order valence-corrected chi connectivity index (χ2v) is 12.4. The summed E-state index contributed by atoms with van der Waals surface area (Å²) in [4.78, 5) is 20.3. The molecule has 1 aliphatic heterocycles. The number of carbonyl (C=O) groups excluding carboxylic acids is 1. The van der Waals surface area contributed by atoms with Crippen LogP contribution in [0, 0.1) is 0 Å². The van der Waals surface area contributed by atoms with Crippen LogP contribution in [0.1, 0.15) is 46.4 Å². The third-order valence-corrected chi connectivity index (χ3v) is 9.37. The van der Waals surface area contributed by atoms with Gasteiger partial charge in [0.05, 0.1) is 12.6 Å². The van der Waals surface area contributed by atoms with Crippen molar-refractivity contribution in [3.05, 3.63) is 160 Å². The molecule has 2 N–H and O–H groups in total. The number of aliphatic imine (C=N–C) groups is 1. The average Bonchev–Trinajstić information content (AvgIpc) is 3.63. The van der Waals surface area contributed by atoms with Crippen LogP contribution in [0.4, 0.5) is 0 Å². The van der Waals surface area contributed by atoms with E-state index in [-0.39, 0.29) is 18.6 Å². The van der Waals surface area contributed by atoms with E-state index in [4.69, 9.17) is 19.6 Å². The highest BCUT2D eigenvalue weighted by Crippen LogP contribution is 2.47. The number of benzene rings is 5. The minimum absolute atomic E-state index is 0.0722. The number of rotatable bonds is 10. The van der Waals surface area contributed by atoms with Crippen molar-refractivity contribution in [2.75, 3.05) is 13.2 Å². The molecule has 0 radical (unpaired) electrons. The summed E-state index contributed by atoms with van der Waals surface area (Å²) in [5, 5.41) is 12.5. The summed E-state index contributed by atoms with van der Waals surface area (Å²) < 4.78 is 13.3. The first kappa shape index (κ1) is 30.0. The third kappa shape index (κ3) is 5.61. The number of carbonyl (C=O) groups is 1. The fraction of sp³-hybridized carbons (Fsp3) is 0.179. The number of nitrogens with one attached hydrogen (secondary N) is 1. The lowest BCUT2D eigenvalue weighted by atomic mass is 9.81. The Bertz CT molecular complexity index is 1850. The van der Waals surface area contributed by atoms with Gasteiger partial charge in [-0.05, 0) is 58.1 Å². The minimum Gasteiger partial charge on any atom is -0.494 e. The number of halogens is 1. The van der Waals surface area contributed by atoms with Crippen molar-refractivity contribution in [1.29, 1.82) is 0 Å². The van der Waals surface area contributed by atoms with E-state index in [9.17, 15) is 0 Å². The fourth-order valence-corrected chi connectivity index (χ4v) is 6.91. The van der Waals surface area contributed by atoms with Gasteiger partial charge in [0.15, 0.2) is 11.6 Å². The lowest BCUT2D eigenvalue weighted by molar-refractivity contribution is -0.129. The Hall–Kier alpha value is -4.72. The Kier molecular flexibility index (Phi) is 8.43. The Balaban J connectivity index is 1.33. The van der Waals surface area contributed by atoms with Crippen LogP contribution in [0.3, 0.4) is 0 Å². The maximum absolute atomic E-state index is 15.1. The van der Waals surface area contributed by atoms with Gasteiger partial charge in [0, 0.05) is 35.0 Å². The molecule has 2 aliphatic rings. The molecule has 6 nitrogen and oxygen atoms in total. The molecule has 0 aromatic heterocycles. The van der Waals surface area contributed by atoms with Crippen molar-refractivity contribution in [3.8, 4) is 16.9 Å². The summed E-state index contributed by atoms with van der Waals surface area (Å²) in [6.07, 6.45) is 0.164. The van der Waals surface area contributed by atoms with E-state index >= 15 is 4.79 Å². The summed E-state index contributed by atoms with van der Waals surface area (Å²) in [6.45, 7) is 0.494. The van der Waals surface area contributed by atoms with Gasteiger partial charge in [0.25, 0.3) is 5.91 Å². The van der Waals surface area contributed by atoms with Gasteiger partial charge < -0.3 is 19.9 Å². The Morgan fingerprint density at radius 1 is 0.804 bits per heavy atom. The molecule has 7 rings (SSSR count). The molecule has 0 fully saturated rings. The summed E-state index contributed by atoms with van der Waals surface area (Å²) in [6, 6.07) is 41.5. The van der Waals surface area contributed by atoms with Crippen LogP contribution in [0.15, 0.2) is 137 Å². The number of fused-ring (bicyclic) bond motifs is 3. The van der Waals surface area contributed by atoms with E-state index in [2.05, 4.69) is 45.5 Å². The normalized spacial score (nSPS) is 18.3. The molecule has 0 saturated carbocycles. The smallest absolute Gasteiger partial charge is 0.253 e. The van der Waals surface area contributed by atoms with Crippen molar-refractivity contribution in [2.45, 2.75) is 30.5 Å². The zero-order chi connectivity index (χ0) is 31.5. The van der Waals surface area contributed by atoms with Crippen LogP contribution in [0.25, 0.3) is 11.1 Å². The number of hydrogen-bond donors (Lipinski definition) is 2. The standard InChI is InChI=1S/C39H33BrN2O4/c40-34-18-9-8-17-33(34)36-39(25-26-11-2-1-3-12-26,42-37(46-36)27-19-21-28(22-20-27)45-24-10-23-43)38(44)41-35-31-15-6-4-13-29(31)30-14-5-7-16-32(30)35/h1-9,11-22,35-36,43H,10,23-25H2,(H,41,44)/t36-,39-/m1/s1. The molecule has 0 bridgehead atoms. The predicted molar refractivity (Wildman–Crippen MR) is 183 cm³/mol. The first-order valence-corrected chi connectivity index (χ1v) is 16.2. The lowest BCUT2D eigenvalue weighted by Gasteiger charge is -2.32. The van der Waals surface area contributed by atoms with Crippen molar-refractivity contribution in [2.24, 2.45) is 4.99 Å². The maximum Gasteiger partial charge on any atom is 0.253 e. The topological polar surface area (TPSA) is 80.2 Å². The average molecular weight is 674 g/mol. The van der Waals surface area contributed by atoms with E-state index in [0.717, 1.165) is 43.4 Å². The van der Waals surface area contributed by atoms with Gasteiger partial charge in [0.1, 0.15) is 5.75 Å². The fourth-order valence-electron chi connectivity index (χ4n) is 6.42. The number of nitrogens with zero attached hydrogens (tertiary/aromatic N) is 1. The van der Waals surface area contributed by atoms with E-state index < -0.39 is 11.6 Å². The minimum atomic E-state index is -1.33. The van der Waals surface area contributed by atoms with Crippen LogP contribution in [0.2, 0.25) is 0 Å².